The summed E-state index contributed by atoms with van der Waals surface area (Å²) in [5.74, 6) is -26.3. The summed E-state index contributed by atoms with van der Waals surface area (Å²) < 4.78 is 252. The van der Waals surface area contributed by atoms with Crippen molar-refractivity contribution in [1.29, 1.82) is 0 Å². The number of hydrogen-bond acceptors (Lipinski definition) is 6. The second kappa shape index (κ2) is 12.5. The molecule has 0 rings (SSSR count). The lowest BCUT2D eigenvalue weighted by atomic mass is 10.2. The van der Waals surface area contributed by atoms with E-state index in [1.165, 1.54) is 23.6 Å². The zero-order valence-corrected chi connectivity index (χ0v) is 21.8. The Morgan fingerprint density at radius 3 is 1.58 bits per heavy atom. The number of quaternary nitrogens is 1. The van der Waals surface area contributed by atoms with E-state index < -0.39 is 89.6 Å². The van der Waals surface area contributed by atoms with Gasteiger partial charge in [0.25, 0.3) is 0 Å². The molecule has 0 heterocycles. The van der Waals surface area contributed by atoms with Crippen LogP contribution < -0.4 is 9.83 Å². The highest BCUT2D eigenvalue weighted by molar-refractivity contribution is 7.89. The van der Waals surface area contributed by atoms with Gasteiger partial charge in [-0.1, -0.05) is 0 Å². The summed E-state index contributed by atoms with van der Waals surface area (Å²) in [6.07, 6.45) is -41.8. The number of rotatable bonds is 16. The minimum Gasteiger partial charge on any atom is -0.544 e. The first-order valence-corrected chi connectivity index (χ1v) is 12.3. The number of sulfonamides is 1. The molecule has 8 nitrogen and oxygen atoms in total. The normalized spacial score (nSPS) is 17.8. The van der Waals surface area contributed by atoms with E-state index in [4.69, 9.17) is 0 Å². The van der Waals surface area contributed by atoms with Crippen molar-refractivity contribution >= 4 is 16.0 Å². The average Bonchev–Trinajstić information content (AvgIpc) is 2.71. The van der Waals surface area contributed by atoms with Crippen LogP contribution in [0.4, 0.5) is 74.6 Å². The molecule has 2 atom stereocenters. The minimum absolute atomic E-state index is 0.171. The first-order chi connectivity index (χ1) is 18.5. The Labute approximate surface area is 229 Å². The van der Waals surface area contributed by atoms with Crippen LogP contribution in [0.15, 0.2) is 0 Å². The number of carbonyl (C=O) groups excluding carboxylic acids is 1. The SMILES string of the molecule is C[N+](C)(CCCNS(=O)(=O)CCC(F)(OC(F)(F)C(F)(OC(F)(F)C(F)(F)C(F)(F)F)C(F)(F)F)C(F)(F)F)CC(=O)[O-]. The van der Waals surface area contributed by atoms with Gasteiger partial charge in [-0.25, -0.2) is 17.5 Å². The molecule has 0 aromatic heterocycles. The highest BCUT2D eigenvalue weighted by atomic mass is 32.2. The third-order valence-corrected chi connectivity index (χ3v) is 6.34. The van der Waals surface area contributed by atoms with Crippen LogP contribution >= 0.6 is 0 Å². The summed E-state index contributed by atoms with van der Waals surface area (Å²) in [6, 6.07) is 0. The maximum atomic E-state index is 14.5. The van der Waals surface area contributed by atoms with Crippen LogP contribution in [0.5, 0.6) is 0 Å². The first-order valence-electron chi connectivity index (χ1n) is 10.6. The first kappa shape index (κ1) is 41.1. The topological polar surface area (TPSA) is 105 Å². The molecule has 0 aliphatic carbocycles. The molecule has 0 bridgehead atoms. The van der Waals surface area contributed by atoms with Crippen LogP contribution in [0.25, 0.3) is 0 Å². The quantitative estimate of drug-likeness (QED) is 0.150. The fraction of sp³-hybridized carbons (Fsp3) is 0.941. The van der Waals surface area contributed by atoms with Crippen LogP contribution in [0.1, 0.15) is 12.8 Å². The van der Waals surface area contributed by atoms with Gasteiger partial charge in [0.2, 0.25) is 10.0 Å². The van der Waals surface area contributed by atoms with Crippen molar-refractivity contribution in [3.05, 3.63) is 0 Å². The second-order valence-electron chi connectivity index (χ2n) is 9.14. The molecule has 0 saturated heterocycles. The van der Waals surface area contributed by atoms with Gasteiger partial charge in [0, 0.05) is 19.4 Å². The standard InChI is InChI=1S/C17H19F17N2O6S/c1-36(2,8-9(37)38)6-3-5-35-43(39,40)7-4-10(18,13(22,23)24)41-17(33,34)12(21,15(28,29)30)42-16(31,32)11(19,20)14(25,26)27/h35H,3-8H2,1-2H3. The van der Waals surface area contributed by atoms with Crippen LogP contribution in [0.2, 0.25) is 0 Å². The molecule has 43 heavy (non-hydrogen) atoms. The number of halogens is 17. The summed E-state index contributed by atoms with van der Waals surface area (Å²) in [5.41, 5.74) is 0. The van der Waals surface area contributed by atoms with Crippen molar-refractivity contribution in [2.75, 3.05) is 39.5 Å². The van der Waals surface area contributed by atoms with Gasteiger partial charge in [-0.15, -0.1) is 0 Å². The zero-order chi connectivity index (χ0) is 34.9. The number of ether oxygens (including phenoxy) is 2. The van der Waals surface area contributed by atoms with Gasteiger partial charge in [-0.05, 0) is 0 Å². The molecule has 0 aromatic carbocycles. The van der Waals surface area contributed by atoms with E-state index in [1.54, 1.807) is 0 Å². The smallest absolute Gasteiger partial charge is 0.462 e. The molecule has 0 aromatic rings. The van der Waals surface area contributed by atoms with Gasteiger partial charge in [-0.3, -0.25) is 9.47 Å². The van der Waals surface area contributed by atoms with E-state index >= 15 is 0 Å². The summed E-state index contributed by atoms with van der Waals surface area (Å²) >= 11 is 0. The maximum absolute atomic E-state index is 14.5. The van der Waals surface area contributed by atoms with Gasteiger partial charge in [0.1, 0.15) is 6.54 Å². The largest absolute Gasteiger partial charge is 0.544 e. The number of carbonyl (C=O) groups is 1. The lowest BCUT2D eigenvalue weighted by Gasteiger charge is -2.40. The van der Waals surface area contributed by atoms with E-state index in [0.717, 1.165) is 0 Å². The lowest BCUT2D eigenvalue weighted by Crippen LogP contribution is -2.67. The molecular weight excluding hydrogens is 683 g/mol. The Balaban J connectivity index is 6.16. The molecule has 0 aliphatic rings. The van der Waals surface area contributed by atoms with Crippen LogP contribution in [0, 0.1) is 0 Å². The molecule has 0 fully saturated rings. The van der Waals surface area contributed by atoms with Crippen molar-refractivity contribution in [2.45, 2.75) is 61.2 Å². The predicted octanol–water partition coefficient (Wildman–Crippen LogP) is 3.38. The van der Waals surface area contributed by atoms with E-state index in [9.17, 15) is 93.0 Å². The molecule has 0 aliphatic heterocycles. The summed E-state index contributed by atoms with van der Waals surface area (Å²) in [6.45, 7) is -1.56. The highest BCUT2D eigenvalue weighted by Gasteiger charge is 2.85. The van der Waals surface area contributed by atoms with Gasteiger partial charge in [0.05, 0.1) is 32.4 Å². The predicted molar refractivity (Wildman–Crippen MR) is 101 cm³/mol. The van der Waals surface area contributed by atoms with Crippen molar-refractivity contribution in [2.24, 2.45) is 0 Å². The minimum atomic E-state index is -8.06. The Kier molecular flexibility index (Phi) is 11.9. The number of alkyl halides is 17. The van der Waals surface area contributed by atoms with E-state index in [-0.39, 0.29) is 17.4 Å². The monoisotopic (exact) mass is 702 g/mol. The number of nitrogens with zero attached hydrogens (tertiary/aromatic N) is 1. The Hall–Kier alpha value is -1.93. The summed E-state index contributed by atoms with van der Waals surface area (Å²) in [4.78, 5) is 10.6. The van der Waals surface area contributed by atoms with Crippen LogP contribution in [-0.2, 0) is 24.3 Å². The fourth-order valence-electron chi connectivity index (χ4n) is 2.71. The molecule has 0 spiro atoms. The van der Waals surface area contributed by atoms with Crippen molar-refractivity contribution < 1.29 is 107 Å². The second-order valence-corrected chi connectivity index (χ2v) is 11.1. The number of nitrogens with one attached hydrogen (secondary N) is 1. The third-order valence-electron chi connectivity index (χ3n) is 4.95. The molecule has 258 valence electrons. The number of aliphatic carboxylic acids is 1. The Bertz CT molecular complexity index is 1080. The van der Waals surface area contributed by atoms with Crippen molar-refractivity contribution in [3.63, 3.8) is 0 Å². The van der Waals surface area contributed by atoms with E-state index in [2.05, 4.69) is 4.74 Å². The van der Waals surface area contributed by atoms with Gasteiger partial charge in [0.15, 0.2) is 0 Å². The third kappa shape index (κ3) is 10.0. The molecular formula is C17H19F17N2O6S. The Morgan fingerprint density at radius 2 is 1.21 bits per heavy atom. The number of hydrogen-bond donors (Lipinski definition) is 1. The number of carboxylic acids is 1. The molecule has 0 radical (unpaired) electrons. The van der Waals surface area contributed by atoms with E-state index in [1.807, 2.05) is 0 Å². The van der Waals surface area contributed by atoms with Crippen molar-refractivity contribution in [1.82, 2.24) is 4.72 Å². The lowest BCUT2D eigenvalue weighted by molar-refractivity contribution is -0.884. The highest BCUT2D eigenvalue weighted by Crippen LogP contribution is 2.56. The molecule has 2 unspecified atom stereocenters. The molecule has 0 saturated carbocycles. The van der Waals surface area contributed by atoms with Crippen molar-refractivity contribution in [3.8, 4) is 0 Å². The molecule has 1 N–H and O–H groups in total. The zero-order valence-electron chi connectivity index (χ0n) is 21.0. The van der Waals surface area contributed by atoms with E-state index in [0.29, 0.717) is 0 Å². The Morgan fingerprint density at radius 1 is 0.744 bits per heavy atom. The van der Waals surface area contributed by atoms with Crippen LogP contribution in [-0.4, -0.2) is 107 Å². The number of likely N-dealkylation sites (N-methyl/N-ethyl adjacent to an activating group) is 1. The average molecular weight is 702 g/mol. The molecule has 0 amide bonds. The summed E-state index contributed by atoms with van der Waals surface area (Å²) in [5, 5.41) is 10.6. The van der Waals surface area contributed by atoms with Crippen LogP contribution in [0.3, 0.4) is 0 Å². The summed E-state index contributed by atoms with van der Waals surface area (Å²) in [7, 11) is -2.66. The molecule has 26 heteroatoms. The van der Waals surface area contributed by atoms with Gasteiger partial charge >= 0.3 is 48.4 Å². The fourth-order valence-corrected chi connectivity index (χ4v) is 3.84. The van der Waals surface area contributed by atoms with Gasteiger partial charge in [-0.2, -0.15) is 70.2 Å². The number of carboxylic acid groups (broad SMARTS) is 1. The maximum Gasteiger partial charge on any atom is 0.462 e. The van der Waals surface area contributed by atoms with Gasteiger partial charge < -0.3 is 14.4 Å².